The Hall–Kier alpha value is -1.17. The van der Waals surface area contributed by atoms with Crippen molar-refractivity contribution in [2.24, 2.45) is 0 Å². The fraction of sp³-hybridized carbons (Fsp3) is 0.667. The van der Waals surface area contributed by atoms with Gasteiger partial charge in [0.25, 0.3) is 5.91 Å². The molecule has 0 bridgehead atoms. The first-order chi connectivity index (χ1) is 5.48. The van der Waals surface area contributed by atoms with E-state index in [0.29, 0.717) is 0 Å². The van der Waals surface area contributed by atoms with E-state index in [0.717, 1.165) is 6.92 Å². The number of ether oxygens (including phenoxy) is 1. The number of amides is 3. The van der Waals surface area contributed by atoms with Crippen LogP contribution in [0.4, 0.5) is 9.18 Å². The number of nitrogens with one attached hydrogen (secondary N) is 2. The topological polar surface area (TPSA) is 67.4 Å². The summed E-state index contributed by atoms with van der Waals surface area (Å²) < 4.78 is 17.9. The standard InChI is InChI=1S/C6H9FN2O3/c1-6(7)3(10)8-5(11)9-4(6)12-2/h4H,1-2H3,(H2,8,9,10,11). The van der Waals surface area contributed by atoms with E-state index in [2.05, 4.69) is 10.1 Å². The number of rotatable bonds is 1. The third-order valence-corrected chi connectivity index (χ3v) is 1.66. The molecule has 0 aromatic rings. The molecule has 1 aliphatic heterocycles. The molecule has 1 saturated heterocycles. The number of alkyl halides is 1. The van der Waals surface area contributed by atoms with Crippen molar-refractivity contribution in [3.05, 3.63) is 0 Å². The van der Waals surface area contributed by atoms with Gasteiger partial charge in [-0.2, -0.15) is 0 Å². The van der Waals surface area contributed by atoms with Crippen LogP contribution in [-0.4, -0.2) is 30.9 Å². The van der Waals surface area contributed by atoms with Crippen molar-refractivity contribution in [2.45, 2.75) is 18.8 Å². The van der Waals surface area contributed by atoms with Crippen LogP contribution in [0.15, 0.2) is 0 Å². The molecule has 12 heavy (non-hydrogen) atoms. The molecule has 2 N–H and O–H groups in total. The second kappa shape index (κ2) is 2.71. The van der Waals surface area contributed by atoms with Crippen molar-refractivity contribution in [3.63, 3.8) is 0 Å². The molecule has 1 fully saturated rings. The number of halogens is 1. The van der Waals surface area contributed by atoms with Crippen LogP contribution in [-0.2, 0) is 9.53 Å². The minimum absolute atomic E-state index is 0.748. The molecule has 0 radical (unpaired) electrons. The summed E-state index contributed by atoms with van der Waals surface area (Å²) in [6.45, 7) is 1.04. The van der Waals surface area contributed by atoms with Gasteiger partial charge >= 0.3 is 6.03 Å². The lowest BCUT2D eigenvalue weighted by Crippen LogP contribution is -2.66. The minimum Gasteiger partial charge on any atom is -0.358 e. The molecule has 6 heteroatoms. The second-order valence-corrected chi connectivity index (χ2v) is 2.62. The summed E-state index contributed by atoms with van der Waals surface area (Å²) in [5.41, 5.74) is -2.22. The largest absolute Gasteiger partial charge is 0.358 e. The van der Waals surface area contributed by atoms with Crippen molar-refractivity contribution >= 4 is 11.9 Å². The predicted octanol–water partition coefficient (Wildman–Crippen LogP) is -0.473. The molecule has 1 aliphatic rings. The molecular weight excluding hydrogens is 167 g/mol. The summed E-state index contributed by atoms with van der Waals surface area (Å²) in [5.74, 6) is -0.988. The van der Waals surface area contributed by atoms with Gasteiger partial charge in [-0.15, -0.1) is 0 Å². The third-order valence-electron chi connectivity index (χ3n) is 1.66. The van der Waals surface area contributed by atoms with Crippen molar-refractivity contribution < 1.29 is 18.7 Å². The SMILES string of the molecule is COC1NC(=O)NC(=O)C1(C)F. The smallest absolute Gasteiger partial charge is 0.323 e. The number of carbonyl (C=O) groups is 2. The molecule has 0 spiro atoms. The molecule has 1 rings (SSSR count). The summed E-state index contributed by atoms with van der Waals surface area (Å²) in [5, 5.41) is 3.91. The number of urea groups is 1. The van der Waals surface area contributed by atoms with Crippen molar-refractivity contribution in [3.8, 4) is 0 Å². The van der Waals surface area contributed by atoms with Gasteiger partial charge in [-0.25, -0.2) is 9.18 Å². The van der Waals surface area contributed by atoms with Crippen LogP contribution in [0.2, 0.25) is 0 Å². The normalized spacial score (nSPS) is 35.8. The van der Waals surface area contributed by atoms with Crippen LogP contribution in [0.5, 0.6) is 0 Å². The van der Waals surface area contributed by atoms with Gasteiger partial charge in [-0.3, -0.25) is 10.1 Å². The lowest BCUT2D eigenvalue weighted by molar-refractivity contribution is -0.144. The number of imide groups is 1. The summed E-state index contributed by atoms with van der Waals surface area (Å²) >= 11 is 0. The molecule has 3 amide bonds. The molecule has 0 saturated carbocycles. The highest BCUT2D eigenvalue weighted by Crippen LogP contribution is 2.19. The minimum atomic E-state index is -2.22. The number of carbonyl (C=O) groups excluding carboxylic acids is 2. The fourth-order valence-corrected chi connectivity index (χ4v) is 0.915. The number of hydrogen-bond donors (Lipinski definition) is 2. The zero-order valence-corrected chi connectivity index (χ0v) is 6.68. The predicted molar refractivity (Wildman–Crippen MR) is 37.0 cm³/mol. The van der Waals surface area contributed by atoms with Crippen molar-refractivity contribution in [2.75, 3.05) is 7.11 Å². The Bertz CT molecular complexity index is 229. The first-order valence-electron chi connectivity index (χ1n) is 3.32. The maximum absolute atomic E-state index is 13.4. The van der Waals surface area contributed by atoms with Crippen LogP contribution < -0.4 is 10.6 Å². The average molecular weight is 176 g/mol. The highest BCUT2D eigenvalue weighted by Gasteiger charge is 2.47. The van der Waals surface area contributed by atoms with Gasteiger partial charge in [-0.1, -0.05) is 0 Å². The molecule has 5 nitrogen and oxygen atoms in total. The van der Waals surface area contributed by atoms with Gasteiger partial charge in [0.15, 0.2) is 6.23 Å². The quantitative estimate of drug-likeness (QED) is 0.567. The first kappa shape index (κ1) is 8.92. The van der Waals surface area contributed by atoms with E-state index in [9.17, 15) is 14.0 Å². The Morgan fingerprint density at radius 2 is 2.17 bits per heavy atom. The van der Waals surface area contributed by atoms with Crippen molar-refractivity contribution in [1.29, 1.82) is 0 Å². The zero-order valence-electron chi connectivity index (χ0n) is 6.68. The fourth-order valence-electron chi connectivity index (χ4n) is 0.915. The third kappa shape index (κ3) is 1.25. The van der Waals surface area contributed by atoms with Gasteiger partial charge in [0, 0.05) is 7.11 Å². The van der Waals surface area contributed by atoms with Crippen molar-refractivity contribution in [1.82, 2.24) is 10.6 Å². The zero-order chi connectivity index (χ0) is 9.35. The van der Waals surface area contributed by atoms with E-state index in [1.165, 1.54) is 7.11 Å². The van der Waals surface area contributed by atoms with Crippen LogP contribution in [0.25, 0.3) is 0 Å². The van der Waals surface area contributed by atoms with Gasteiger partial charge in [0.05, 0.1) is 0 Å². The molecule has 0 aromatic heterocycles. The lowest BCUT2D eigenvalue weighted by Gasteiger charge is -2.32. The molecule has 2 atom stereocenters. The van der Waals surface area contributed by atoms with Gasteiger partial charge in [-0.05, 0) is 6.92 Å². The maximum atomic E-state index is 13.4. The second-order valence-electron chi connectivity index (χ2n) is 2.62. The van der Waals surface area contributed by atoms with E-state index in [1.807, 2.05) is 0 Å². The Morgan fingerprint density at radius 1 is 1.58 bits per heavy atom. The van der Waals surface area contributed by atoms with E-state index in [4.69, 9.17) is 0 Å². The Balaban J connectivity index is 2.85. The monoisotopic (exact) mass is 176 g/mol. The first-order valence-corrected chi connectivity index (χ1v) is 3.32. The Morgan fingerprint density at radius 3 is 2.67 bits per heavy atom. The summed E-state index contributed by atoms with van der Waals surface area (Å²) in [4.78, 5) is 21.5. The highest BCUT2D eigenvalue weighted by molar-refractivity contribution is 6.01. The number of methoxy groups -OCH3 is 1. The molecular formula is C6H9FN2O3. The maximum Gasteiger partial charge on any atom is 0.323 e. The highest BCUT2D eigenvalue weighted by atomic mass is 19.1. The molecule has 1 heterocycles. The van der Waals surface area contributed by atoms with Crippen LogP contribution in [0.1, 0.15) is 6.92 Å². The van der Waals surface area contributed by atoms with Crippen LogP contribution in [0.3, 0.4) is 0 Å². The molecule has 0 aliphatic carbocycles. The van der Waals surface area contributed by atoms with E-state index < -0.39 is 23.8 Å². The summed E-state index contributed by atoms with van der Waals surface area (Å²) in [6, 6.07) is -0.748. The average Bonchev–Trinajstić information content (AvgIpc) is 1.97. The van der Waals surface area contributed by atoms with Gasteiger partial charge in [0.2, 0.25) is 5.67 Å². The van der Waals surface area contributed by atoms with Gasteiger partial charge < -0.3 is 10.1 Å². The van der Waals surface area contributed by atoms with Gasteiger partial charge in [0.1, 0.15) is 0 Å². The molecule has 68 valence electrons. The van der Waals surface area contributed by atoms with E-state index >= 15 is 0 Å². The Labute approximate surface area is 68.3 Å². The van der Waals surface area contributed by atoms with Crippen LogP contribution >= 0.6 is 0 Å². The summed E-state index contributed by atoms with van der Waals surface area (Å²) in [6.07, 6.45) is -1.22. The lowest BCUT2D eigenvalue weighted by atomic mass is 10.0. The molecule has 0 aromatic carbocycles. The van der Waals surface area contributed by atoms with Crippen LogP contribution in [0, 0.1) is 0 Å². The summed E-state index contributed by atoms with van der Waals surface area (Å²) in [7, 11) is 1.21. The molecule has 2 unspecified atom stereocenters. The Kier molecular flexibility index (Phi) is 2.01. The van der Waals surface area contributed by atoms with E-state index in [-0.39, 0.29) is 0 Å². The number of hydrogen-bond acceptors (Lipinski definition) is 3. The van der Waals surface area contributed by atoms with E-state index in [1.54, 1.807) is 5.32 Å².